The number of fused-ring (bicyclic) bond motifs is 1. The topological polar surface area (TPSA) is 78.3 Å². The van der Waals surface area contributed by atoms with E-state index in [2.05, 4.69) is 23.8 Å². The molecule has 0 amide bonds. The number of ketones is 1. The number of aromatic nitrogens is 2. The van der Waals surface area contributed by atoms with Crippen LogP contribution in [0.5, 0.6) is 0 Å². The summed E-state index contributed by atoms with van der Waals surface area (Å²) in [6.07, 6.45) is 1.71. The molecular weight excluding hydrogens is 362 g/mol. The molecule has 0 spiro atoms. The molecule has 148 valence electrons. The molecule has 0 aliphatic heterocycles. The molecule has 0 unspecified atom stereocenters. The van der Waals surface area contributed by atoms with E-state index in [0.29, 0.717) is 42.7 Å². The Morgan fingerprint density at radius 2 is 1.83 bits per heavy atom. The lowest BCUT2D eigenvalue weighted by Crippen LogP contribution is -2.32. The van der Waals surface area contributed by atoms with Crippen molar-refractivity contribution in [2.75, 3.05) is 6.54 Å². The Balaban J connectivity index is 1.62. The number of imidazole rings is 1. The molecular formula is C24H25N3O2. The van der Waals surface area contributed by atoms with Crippen LogP contribution in [0.1, 0.15) is 38.1 Å². The van der Waals surface area contributed by atoms with Gasteiger partial charge in [0.15, 0.2) is 5.78 Å². The third-order valence-corrected chi connectivity index (χ3v) is 5.23. The van der Waals surface area contributed by atoms with Crippen molar-refractivity contribution in [1.29, 1.82) is 0 Å². The van der Waals surface area contributed by atoms with Gasteiger partial charge in [-0.3, -0.25) is 9.79 Å². The second-order valence-electron chi connectivity index (χ2n) is 8.31. The van der Waals surface area contributed by atoms with Gasteiger partial charge in [0.2, 0.25) is 0 Å². The minimum atomic E-state index is -0.171. The van der Waals surface area contributed by atoms with Gasteiger partial charge in [0.25, 0.3) is 0 Å². The van der Waals surface area contributed by atoms with E-state index >= 15 is 0 Å². The molecule has 2 aromatic carbocycles. The van der Waals surface area contributed by atoms with Gasteiger partial charge < -0.3 is 10.1 Å². The molecule has 5 heteroatoms. The van der Waals surface area contributed by atoms with E-state index in [1.165, 1.54) is 0 Å². The third-order valence-electron chi connectivity index (χ3n) is 5.23. The summed E-state index contributed by atoms with van der Waals surface area (Å²) < 4.78 is 0. The third kappa shape index (κ3) is 4.14. The Kier molecular flexibility index (Phi) is 5.05. The zero-order valence-corrected chi connectivity index (χ0v) is 16.8. The summed E-state index contributed by atoms with van der Waals surface area (Å²) in [6.45, 7) is 4.64. The number of rotatable bonds is 4. The van der Waals surface area contributed by atoms with Crippen LogP contribution in [0.3, 0.4) is 0 Å². The molecule has 29 heavy (non-hydrogen) atoms. The monoisotopic (exact) mass is 387 g/mol. The van der Waals surface area contributed by atoms with E-state index in [1.54, 1.807) is 12.1 Å². The fraction of sp³-hybridized carbons (Fsp3) is 0.292. The molecule has 0 saturated heterocycles. The summed E-state index contributed by atoms with van der Waals surface area (Å²) in [4.78, 5) is 25.5. The maximum atomic E-state index is 12.9. The molecule has 1 fully saturated rings. The molecule has 0 radical (unpaired) electrons. The van der Waals surface area contributed by atoms with E-state index in [1.807, 2.05) is 42.5 Å². The first-order chi connectivity index (χ1) is 13.9. The summed E-state index contributed by atoms with van der Waals surface area (Å²) >= 11 is 0. The van der Waals surface area contributed by atoms with Crippen molar-refractivity contribution < 1.29 is 9.90 Å². The lowest BCUT2D eigenvalue weighted by atomic mass is 9.73. The summed E-state index contributed by atoms with van der Waals surface area (Å²) in [6, 6.07) is 17.1. The number of carbonyl (C=O) groups is 1. The van der Waals surface area contributed by atoms with Crippen molar-refractivity contribution in [3.8, 4) is 0 Å². The highest BCUT2D eigenvalue weighted by Crippen LogP contribution is 2.36. The molecule has 1 aromatic heterocycles. The average molecular weight is 387 g/mol. The van der Waals surface area contributed by atoms with Crippen molar-refractivity contribution in [2.45, 2.75) is 33.1 Å². The SMILES string of the molecule is CC1(C)CC(=O)/C(=C(\O)c2ccccc2)C(=NCCc2nc3ccccc3[nH]2)C1. The molecule has 5 nitrogen and oxygen atoms in total. The Hall–Kier alpha value is -3.21. The number of carbonyl (C=O) groups excluding carboxylic acids is 1. The second-order valence-corrected chi connectivity index (χ2v) is 8.31. The van der Waals surface area contributed by atoms with Gasteiger partial charge in [0, 0.05) is 30.7 Å². The lowest BCUT2D eigenvalue weighted by molar-refractivity contribution is -0.117. The van der Waals surface area contributed by atoms with Gasteiger partial charge in [-0.25, -0.2) is 4.98 Å². The number of Topliss-reactive ketones (excluding diaryl/α,β-unsaturated/α-hetero) is 1. The van der Waals surface area contributed by atoms with Crippen molar-refractivity contribution >= 4 is 28.3 Å². The van der Waals surface area contributed by atoms with Crippen molar-refractivity contribution in [3.63, 3.8) is 0 Å². The summed E-state index contributed by atoms with van der Waals surface area (Å²) in [7, 11) is 0. The number of para-hydroxylation sites is 2. The van der Waals surface area contributed by atoms with E-state index < -0.39 is 0 Å². The zero-order chi connectivity index (χ0) is 20.4. The van der Waals surface area contributed by atoms with E-state index in [-0.39, 0.29) is 17.0 Å². The highest BCUT2D eigenvalue weighted by atomic mass is 16.3. The minimum Gasteiger partial charge on any atom is -0.506 e. The maximum absolute atomic E-state index is 12.9. The Bertz CT molecular complexity index is 1070. The number of hydrogen-bond acceptors (Lipinski definition) is 4. The number of hydrogen-bond donors (Lipinski definition) is 2. The predicted molar refractivity (Wildman–Crippen MR) is 116 cm³/mol. The van der Waals surface area contributed by atoms with Crippen molar-refractivity contribution in [2.24, 2.45) is 10.4 Å². The number of aliphatic hydroxyl groups is 1. The normalized spacial score (nSPS) is 19.7. The number of aliphatic hydroxyl groups excluding tert-OH is 1. The van der Waals surface area contributed by atoms with Crippen molar-refractivity contribution in [1.82, 2.24) is 9.97 Å². The Morgan fingerprint density at radius 1 is 1.10 bits per heavy atom. The van der Waals surface area contributed by atoms with Gasteiger partial charge >= 0.3 is 0 Å². The number of nitrogens with one attached hydrogen (secondary N) is 1. The van der Waals surface area contributed by atoms with Gasteiger partial charge in [-0.1, -0.05) is 56.3 Å². The van der Waals surface area contributed by atoms with E-state index in [4.69, 9.17) is 4.99 Å². The number of allylic oxidation sites excluding steroid dienone is 1. The lowest BCUT2D eigenvalue weighted by Gasteiger charge is -2.31. The van der Waals surface area contributed by atoms with Gasteiger partial charge in [-0.05, 0) is 24.0 Å². The first-order valence-corrected chi connectivity index (χ1v) is 9.92. The van der Waals surface area contributed by atoms with Crippen molar-refractivity contribution in [3.05, 3.63) is 71.6 Å². The number of aliphatic imine (C=N–C) groups is 1. The van der Waals surface area contributed by atoms with Gasteiger partial charge in [0.1, 0.15) is 11.6 Å². The molecule has 1 heterocycles. The molecule has 1 aliphatic carbocycles. The molecule has 2 N–H and O–H groups in total. The molecule has 3 aromatic rings. The molecule has 1 saturated carbocycles. The fourth-order valence-electron chi connectivity index (χ4n) is 3.85. The van der Waals surface area contributed by atoms with Crippen LogP contribution in [0.2, 0.25) is 0 Å². The smallest absolute Gasteiger partial charge is 0.168 e. The second kappa shape index (κ2) is 7.66. The van der Waals surface area contributed by atoms with Gasteiger partial charge in [0.05, 0.1) is 16.6 Å². The average Bonchev–Trinajstić information content (AvgIpc) is 3.10. The largest absolute Gasteiger partial charge is 0.506 e. The standard InChI is InChI=1S/C24H25N3O2/c1-24(2)14-19(22(20(28)15-24)23(29)16-8-4-3-5-9-16)25-13-12-21-26-17-10-6-7-11-18(17)27-21/h3-11,29H,12-15H2,1-2H3,(H,26,27)/b23-22-,25-19?. The molecule has 0 bridgehead atoms. The summed E-state index contributed by atoms with van der Waals surface area (Å²) in [5.74, 6) is 0.841. The van der Waals surface area contributed by atoms with Crippen LogP contribution in [0.15, 0.2) is 65.2 Å². The van der Waals surface area contributed by atoms with Gasteiger partial charge in [-0.15, -0.1) is 0 Å². The van der Waals surface area contributed by atoms with Gasteiger partial charge in [-0.2, -0.15) is 0 Å². The Labute approximate surface area is 170 Å². The van der Waals surface area contributed by atoms with E-state index in [9.17, 15) is 9.90 Å². The number of H-pyrrole nitrogens is 1. The molecule has 0 atom stereocenters. The highest BCUT2D eigenvalue weighted by molar-refractivity contribution is 6.28. The highest BCUT2D eigenvalue weighted by Gasteiger charge is 2.36. The summed E-state index contributed by atoms with van der Waals surface area (Å²) in [5, 5.41) is 10.8. The van der Waals surface area contributed by atoms with Crippen LogP contribution in [-0.2, 0) is 11.2 Å². The number of aromatic amines is 1. The molecule has 1 aliphatic rings. The first kappa shape index (κ1) is 19.1. The van der Waals surface area contributed by atoms with Crippen LogP contribution in [0.4, 0.5) is 0 Å². The molecule has 4 rings (SSSR count). The summed E-state index contributed by atoms with van der Waals surface area (Å²) in [5.41, 5.74) is 3.46. The number of benzene rings is 2. The van der Waals surface area contributed by atoms with Crippen LogP contribution in [0, 0.1) is 5.41 Å². The van der Waals surface area contributed by atoms with E-state index in [0.717, 1.165) is 16.9 Å². The zero-order valence-electron chi connectivity index (χ0n) is 16.8. The van der Waals surface area contributed by atoms with Crippen LogP contribution in [0.25, 0.3) is 16.8 Å². The quantitative estimate of drug-likeness (QED) is 0.493. The fourth-order valence-corrected chi connectivity index (χ4v) is 3.85. The first-order valence-electron chi connectivity index (χ1n) is 9.92. The number of nitrogens with zero attached hydrogens (tertiary/aromatic N) is 2. The predicted octanol–water partition coefficient (Wildman–Crippen LogP) is 4.90. The van der Waals surface area contributed by atoms with Crippen LogP contribution < -0.4 is 0 Å². The Morgan fingerprint density at radius 3 is 2.59 bits per heavy atom. The minimum absolute atomic E-state index is 0.0218. The van der Waals surface area contributed by atoms with Crippen LogP contribution >= 0.6 is 0 Å². The maximum Gasteiger partial charge on any atom is 0.168 e. The van der Waals surface area contributed by atoms with Crippen LogP contribution in [-0.4, -0.2) is 33.1 Å².